The van der Waals surface area contributed by atoms with Gasteiger partial charge in [-0.3, -0.25) is 14.7 Å². The smallest absolute Gasteiger partial charge is 0.414 e. The molecule has 2 N–H and O–H groups in total. The second kappa shape index (κ2) is 8.29. The fourth-order valence-corrected chi connectivity index (χ4v) is 4.98. The minimum atomic E-state index is -3.16. The minimum absolute atomic E-state index is 0.0230. The number of nitrogens with zero attached hydrogens (tertiary/aromatic N) is 3. The first-order valence-corrected chi connectivity index (χ1v) is 10.8. The summed E-state index contributed by atoms with van der Waals surface area (Å²) in [5, 5.41) is 15.0. The largest absolute Gasteiger partial charge is 0.442 e. The SMILES string of the molecule is N#CC1(c2ccc(-c3ccc(N4C[C@H](CNC(=O)C(F)F)OC4=O)cc3F)cn2)[C@@H]2CNC[C@@H]21. The Morgan fingerprint density at radius 3 is 2.71 bits per heavy atom. The molecular formula is C23H20F3N5O3. The summed E-state index contributed by atoms with van der Waals surface area (Å²) in [5.41, 5.74) is 1.16. The maximum absolute atomic E-state index is 14.9. The Morgan fingerprint density at radius 1 is 1.32 bits per heavy atom. The number of halogens is 3. The predicted octanol–water partition coefficient (Wildman–Crippen LogP) is 2.20. The van der Waals surface area contributed by atoms with Gasteiger partial charge in [-0.05, 0) is 24.3 Å². The number of amides is 2. The predicted molar refractivity (Wildman–Crippen MR) is 113 cm³/mol. The zero-order valence-electron chi connectivity index (χ0n) is 17.8. The van der Waals surface area contributed by atoms with Gasteiger partial charge in [-0.1, -0.05) is 6.07 Å². The van der Waals surface area contributed by atoms with Crippen LogP contribution in [-0.2, 0) is 14.9 Å². The number of fused-ring (bicyclic) bond motifs is 1. The van der Waals surface area contributed by atoms with Crippen molar-refractivity contribution in [1.29, 1.82) is 5.26 Å². The summed E-state index contributed by atoms with van der Waals surface area (Å²) in [5.74, 6) is -1.54. The molecule has 0 spiro atoms. The van der Waals surface area contributed by atoms with Gasteiger partial charge in [0.15, 0.2) is 0 Å². The van der Waals surface area contributed by atoms with Crippen molar-refractivity contribution < 1.29 is 27.5 Å². The highest BCUT2D eigenvalue weighted by molar-refractivity contribution is 5.90. The van der Waals surface area contributed by atoms with Gasteiger partial charge in [-0.25, -0.2) is 9.18 Å². The van der Waals surface area contributed by atoms with Crippen LogP contribution < -0.4 is 15.5 Å². The molecule has 1 saturated carbocycles. The Hall–Kier alpha value is -3.65. The first kappa shape index (κ1) is 22.2. The Bertz CT molecular complexity index is 1170. The quantitative estimate of drug-likeness (QED) is 0.669. The Balaban J connectivity index is 1.28. The lowest BCUT2D eigenvalue weighted by molar-refractivity contribution is -0.132. The fraction of sp³-hybridized carbons (Fsp3) is 0.391. The lowest BCUT2D eigenvalue weighted by atomic mass is 9.96. The maximum atomic E-state index is 14.9. The molecule has 176 valence electrons. The second-order valence-corrected chi connectivity index (χ2v) is 8.61. The molecule has 3 fully saturated rings. The number of rotatable bonds is 6. The number of nitriles is 1. The van der Waals surface area contributed by atoms with Gasteiger partial charge in [-0.2, -0.15) is 14.0 Å². The standard InChI is InChI=1S/C23H20F3N5O3/c24-18-5-13(31-10-14(34-22(31)33)7-30-21(32)20(25)26)2-3-15(18)12-1-4-19(29-6-12)23(11-27)16-8-28-9-17(16)23/h1-6,14,16-17,20,28H,7-10H2,(H,30,32)/t14-,16-,17+,23?/m0/s1. The van der Waals surface area contributed by atoms with E-state index in [-0.39, 0.29) is 36.2 Å². The van der Waals surface area contributed by atoms with Crippen LogP contribution >= 0.6 is 0 Å². The number of hydrogen-bond donors (Lipinski definition) is 2. The maximum Gasteiger partial charge on any atom is 0.414 e. The molecule has 8 nitrogen and oxygen atoms in total. The van der Waals surface area contributed by atoms with Crippen LogP contribution in [0, 0.1) is 29.0 Å². The summed E-state index contributed by atoms with van der Waals surface area (Å²) in [4.78, 5) is 28.8. The lowest BCUT2D eigenvalue weighted by Gasteiger charge is -2.15. The number of aromatic nitrogens is 1. The average molecular weight is 471 g/mol. The Labute approximate surface area is 192 Å². The first-order chi connectivity index (χ1) is 16.3. The van der Waals surface area contributed by atoms with Gasteiger partial charge in [0, 0.05) is 42.2 Å². The average Bonchev–Trinajstić information content (AvgIpc) is 3.12. The molecule has 34 heavy (non-hydrogen) atoms. The molecule has 1 unspecified atom stereocenters. The summed E-state index contributed by atoms with van der Waals surface area (Å²) in [6.07, 6.45) is -3.22. The molecule has 11 heteroatoms. The normalized spacial score (nSPS) is 27.3. The van der Waals surface area contributed by atoms with Gasteiger partial charge in [-0.15, -0.1) is 0 Å². The Morgan fingerprint density at radius 2 is 2.09 bits per heavy atom. The molecule has 4 atom stereocenters. The van der Waals surface area contributed by atoms with Gasteiger partial charge in [0.25, 0.3) is 5.91 Å². The second-order valence-electron chi connectivity index (χ2n) is 8.61. The van der Waals surface area contributed by atoms with Crippen molar-refractivity contribution in [3.8, 4) is 17.2 Å². The van der Waals surface area contributed by atoms with Crippen molar-refractivity contribution in [1.82, 2.24) is 15.6 Å². The van der Waals surface area contributed by atoms with Gasteiger partial charge in [0.05, 0.1) is 30.5 Å². The molecule has 1 aromatic carbocycles. The third kappa shape index (κ3) is 3.54. The number of anilines is 1. The zero-order chi connectivity index (χ0) is 24.0. The topological polar surface area (TPSA) is 107 Å². The van der Waals surface area contributed by atoms with E-state index >= 15 is 0 Å². The Kier molecular flexibility index (Phi) is 5.40. The summed E-state index contributed by atoms with van der Waals surface area (Å²) in [6.45, 7) is 1.28. The first-order valence-electron chi connectivity index (χ1n) is 10.8. The third-order valence-corrected chi connectivity index (χ3v) is 6.80. The van der Waals surface area contributed by atoms with E-state index in [1.165, 1.54) is 17.0 Å². The van der Waals surface area contributed by atoms with E-state index in [2.05, 4.69) is 16.4 Å². The summed E-state index contributed by atoms with van der Waals surface area (Å²) < 4.78 is 44.6. The van der Waals surface area contributed by atoms with Crippen molar-refractivity contribution in [3.05, 3.63) is 48.0 Å². The molecule has 2 saturated heterocycles. The van der Waals surface area contributed by atoms with E-state index < -0.39 is 35.8 Å². The van der Waals surface area contributed by atoms with Crippen molar-refractivity contribution >= 4 is 17.7 Å². The summed E-state index contributed by atoms with van der Waals surface area (Å²) >= 11 is 0. The highest BCUT2D eigenvalue weighted by Crippen LogP contribution is 2.60. The van der Waals surface area contributed by atoms with Crippen molar-refractivity contribution in [2.45, 2.75) is 17.9 Å². The highest BCUT2D eigenvalue weighted by Gasteiger charge is 2.69. The van der Waals surface area contributed by atoms with Crippen LogP contribution in [0.15, 0.2) is 36.5 Å². The molecule has 1 aliphatic carbocycles. The van der Waals surface area contributed by atoms with E-state index in [9.17, 15) is 28.0 Å². The number of ether oxygens (including phenoxy) is 1. The van der Waals surface area contributed by atoms with Crippen LogP contribution in [0.3, 0.4) is 0 Å². The monoisotopic (exact) mass is 471 g/mol. The lowest BCUT2D eigenvalue weighted by Crippen LogP contribution is -2.37. The van der Waals surface area contributed by atoms with Crippen LogP contribution in [-0.4, -0.2) is 55.7 Å². The van der Waals surface area contributed by atoms with Crippen molar-refractivity contribution in [2.24, 2.45) is 11.8 Å². The number of alkyl halides is 2. The van der Waals surface area contributed by atoms with Crippen LogP contribution in [0.4, 0.5) is 23.7 Å². The van der Waals surface area contributed by atoms with E-state index in [0.717, 1.165) is 13.1 Å². The number of hydrogen-bond acceptors (Lipinski definition) is 6. The number of pyridine rings is 1. The third-order valence-electron chi connectivity index (χ3n) is 6.80. The molecule has 2 aromatic rings. The number of cyclic esters (lactones) is 1. The van der Waals surface area contributed by atoms with E-state index in [1.54, 1.807) is 24.4 Å². The fourth-order valence-electron chi connectivity index (χ4n) is 4.98. The molecule has 3 aliphatic rings. The molecule has 0 radical (unpaired) electrons. The highest BCUT2D eigenvalue weighted by atomic mass is 19.3. The number of benzene rings is 1. The molecule has 5 rings (SSSR count). The van der Waals surface area contributed by atoms with E-state index in [4.69, 9.17) is 4.74 Å². The van der Waals surface area contributed by atoms with Crippen LogP contribution in [0.25, 0.3) is 11.1 Å². The number of nitrogens with one attached hydrogen (secondary N) is 2. The van der Waals surface area contributed by atoms with E-state index in [1.807, 2.05) is 5.32 Å². The van der Waals surface area contributed by atoms with Crippen LogP contribution in [0.2, 0.25) is 0 Å². The zero-order valence-corrected chi connectivity index (χ0v) is 17.8. The van der Waals surface area contributed by atoms with Crippen LogP contribution in [0.1, 0.15) is 5.69 Å². The van der Waals surface area contributed by atoms with Crippen molar-refractivity contribution in [2.75, 3.05) is 31.1 Å². The molecular weight excluding hydrogens is 451 g/mol. The summed E-state index contributed by atoms with van der Waals surface area (Å²) in [6, 6.07) is 10.1. The molecule has 2 aliphatic heterocycles. The molecule has 1 aromatic heterocycles. The molecule has 2 amide bonds. The number of carbonyl (C=O) groups excluding carboxylic acids is 2. The summed E-state index contributed by atoms with van der Waals surface area (Å²) in [7, 11) is 0. The van der Waals surface area contributed by atoms with Gasteiger partial charge in [0.1, 0.15) is 17.3 Å². The molecule has 3 heterocycles. The van der Waals surface area contributed by atoms with Gasteiger partial charge < -0.3 is 15.4 Å². The van der Waals surface area contributed by atoms with Gasteiger partial charge in [0.2, 0.25) is 0 Å². The number of carbonyl (C=O) groups is 2. The van der Waals surface area contributed by atoms with Crippen molar-refractivity contribution in [3.63, 3.8) is 0 Å². The number of piperidine rings is 1. The molecule has 0 bridgehead atoms. The van der Waals surface area contributed by atoms with Gasteiger partial charge >= 0.3 is 12.5 Å². The van der Waals surface area contributed by atoms with E-state index in [0.29, 0.717) is 11.3 Å². The minimum Gasteiger partial charge on any atom is -0.442 e. The van der Waals surface area contributed by atoms with Crippen LogP contribution in [0.5, 0.6) is 0 Å².